The molecule has 0 spiro atoms. The quantitative estimate of drug-likeness (QED) is 0.828. The number of benzene rings is 1. The van der Waals surface area contributed by atoms with Crippen molar-refractivity contribution >= 4 is 23.2 Å². The molecule has 2 nitrogen and oxygen atoms in total. The van der Waals surface area contributed by atoms with Crippen molar-refractivity contribution < 1.29 is 5.11 Å². The summed E-state index contributed by atoms with van der Waals surface area (Å²) in [5, 5.41) is 14.2. The van der Waals surface area contributed by atoms with E-state index < -0.39 is 0 Å². The third-order valence-corrected chi connectivity index (χ3v) is 3.40. The monoisotopic (exact) mass is 275 g/mol. The number of rotatable bonds is 6. The van der Waals surface area contributed by atoms with Gasteiger partial charge in [0.1, 0.15) is 0 Å². The molecule has 2 atom stereocenters. The molecule has 0 saturated heterocycles. The normalized spacial score (nSPS) is 14.6. The van der Waals surface area contributed by atoms with Crippen molar-refractivity contribution in [3.05, 3.63) is 33.8 Å². The minimum atomic E-state index is -0.232. The highest BCUT2D eigenvalue weighted by Gasteiger charge is 2.10. The van der Waals surface area contributed by atoms with Crippen LogP contribution in [-0.4, -0.2) is 17.8 Å². The van der Waals surface area contributed by atoms with Gasteiger partial charge in [-0.25, -0.2) is 0 Å². The molecule has 0 heterocycles. The maximum absolute atomic E-state index is 9.45. The number of aliphatic hydroxyl groups is 1. The minimum absolute atomic E-state index is 0.130. The first kappa shape index (κ1) is 14.8. The summed E-state index contributed by atoms with van der Waals surface area (Å²) in [5.74, 6) is 0. The van der Waals surface area contributed by atoms with Crippen LogP contribution in [-0.2, 0) is 0 Å². The molecule has 96 valence electrons. The third kappa shape index (κ3) is 4.84. The molecule has 17 heavy (non-hydrogen) atoms. The number of hydrogen-bond donors (Lipinski definition) is 2. The first-order chi connectivity index (χ1) is 8.04. The van der Waals surface area contributed by atoms with Gasteiger partial charge in [0.15, 0.2) is 0 Å². The van der Waals surface area contributed by atoms with Crippen LogP contribution in [0.3, 0.4) is 0 Å². The van der Waals surface area contributed by atoms with E-state index in [1.165, 1.54) is 0 Å². The van der Waals surface area contributed by atoms with E-state index in [1.54, 1.807) is 12.1 Å². The lowest BCUT2D eigenvalue weighted by atomic mass is 10.1. The molecule has 0 amide bonds. The van der Waals surface area contributed by atoms with Gasteiger partial charge in [-0.1, -0.05) is 30.1 Å². The van der Waals surface area contributed by atoms with E-state index in [0.717, 1.165) is 24.9 Å². The van der Waals surface area contributed by atoms with Crippen LogP contribution in [0.4, 0.5) is 0 Å². The summed E-state index contributed by atoms with van der Waals surface area (Å²) in [4.78, 5) is 0. The lowest BCUT2D eigenvalue weighted by Gasteiger charge is -2.17. The fraction of sp³-hybridized carbons (Fsp3) is 0.538. The highest BCUT2D eigenvalue weighted by atomic mass is 35.5. The van der Waals surface area contributed by atoms with Gasteiger partial charge in [-0.05, 0) is 50.1 Å². The molecule has 1 rings (SSSR count). The van der Waals surface area contributed by atoms with E-state index >= 15 is 0 Å². The summed E-state index contributed by atoms with van der Waals surface area (Å²) in [6.45, 7) is 4.77. The van der Waals surface area contributed by atoms with Crippen molar-refractivity contribution in [3.8, 4) is 0 Å². The number of nitrogens with one attached hydrogen (secondary N) is 1. The standard InChI is InChI=1S/C13H19Cl2NO/c1-3-11(17)6-7-16-9(2)12-8-10(14)4-5-13(12)15/h4-5,8-9,11,16-17H,3,6-7H2,1-2H3. The predicted molar refractivity (Wildman–Crippen MR) is 73.8 cm³/mol. The van der Waals surface area contributed by atoms with E-state index in [1.807, 2.05) is 19.9 Å². The van der Waals surface area contributed by atoms with Crippen molar-refractivity contribution in [3.63, 3.8) is 0 Å². The molecule has 0 bridgehead atoms. The molecular formula is C13H19Cl2NO. The molecule has 1 aromatic carbocycles. The predicted octanol–water partition coefficient (Wildman–Crippen LogP) is 3.81. The lowest BCUT2D eigenvalue weighted by Crippen LogP contribution is -2.23. The van der Waals surface area contributed by atoms with Crippen molar-refractivity contribution in [2.75, 3.05) is 6.54 Å². The highest BCUT2D eigenvalue weighted by molar-refractivity contribution is 6.33. The Balaban J connectivity index is 2.52. The Labute approximate surface area is 113 Å². The van der Waals surface area contributed by atoms with Crippen LogP contribution < -0.4 is 5.32 Å². The lowest BCUT2D eigenvalue weighted by molar-refractivity contribution is 0.159. The van der Waals surface area contributed by atoms with Crippen LogP contribution in [0.1, 0.15) is 38.3 Å². The Morgan fingerprint density at radius 2 is 2.06 bits per heavy atom. The molecule has 0 aromatic heterocycles. The summed E-state index contributed by atoms with van der Waals surface area (Å²) >= 11 is 12.1. The van der Waals surface area contributed by atoms with E-state index in [-0.39, 0.29) is 12.1 Å². The Hall–Kier alpha value is -0.280. The maximum atomic E-state index is 9.45. The van der Waals surface area contributed by atoms with Crippen LogP contribution in [0.5, 0.6) is 0 Å². The van der Waals surface area contributed by atoms with Crippen molar-refractivity contribution in [2.24, 2.45) is 0 Å². The second kappa shape index (κ2) is 7.22. The van der Waals surface area contributed by atoms with Gasteiger partial charge >= 0.3 is 0 Å². The minimum Gasteiger partial charge on any atom is -0.393 e. The Morgan fingerprint density at radius 1 is 1.35 bits per heavy atom. The molecule has 0 aliphatic rings. The average molecular weight is 276 g/mol. The summed E-state index contributed by atoms with van der Waals surface area (Å²) in [7, 11) is 0. The van der Waals surface area contributed by atoms with E-state index in [0.29, 0.717) is 10.0 Å². The van der Waals surface area contributed by atoms with Crippen LogP contribution in [0, 0.1) is 0 Å². The zero-order valence-corrected chi connectivity index (χ0v) is 11.7. The summed E-state index contributed by atoms with van der Waals surface area (Å²) < 4.78 is 0. The topological polar surface area (TPSA) is 32.3 Å². The molecule has 0 aliphatic carbocycles. The molecule has 0 saturated carbocycles. The van der Waals surface area contributed by atoms with Gasteiger partial charge in [-0.2, -0.15) is 0 Å². The average Bonchev–Trinajstić information content (AvgIpc) is 2.31. The van der Waals surface area contributed by atoms with Gasteiger partial charge in [0.2, 0.25) is 0 Å². The van der Waals surface area contributed by atoms with E-state index in [9.17, 15) is 5.11 Å². The number of hydrogen-bond acceptors (Lipinski definition) is 2. The maximum Gasteiger partial charge on any atom is 0.0549 e. The van der Waals surface area contributed by atoms with E-state index in [4.69, 9.17) is 23.2 Å². The highest BCUT2D eigenvalue weighted by Crippen LogP contribution is 2.26. The van der Waals surface area contributed by atoms with Gasteiger partial charge in [0, 0.05) is 16.1 Å². The fourth-order valence-electron chi connectivity index (χ4n) is 1.63. The second-order valence-electron chi connectivity index (χ2n) is 4.19. The molecule has 4 heteroatoms. The van der Waals surface area contributed by atoms with E-state index in [2.05, 4.69) is 5.32 Å². The van der Waals surface area contributed by atoms with Gasteiger partial charge in [0.05, 0.1) is 6.10 Å². The first-order valence-electron chi connectivity index (χ1n) is 5.91. The molecule has 1 aromatic rings. The third-order valence-electron chi connectivity index (χ3n) is 2.82. The summed E-state index contributed by atoms with van der Waals surface area (Å²) in [6, 6.07) is 5.59. The van der Waals surface area contributed by atoms with Crippen LogP contribution in [0.25, 0.3) is 0 Å². The molecular weight excluding hydrogens is 257 g/mol. The second-order valence-corrected chi connectivity index (χ2v) is 5.04. The Morgan fingerprint density at radius 3 is 2.71 bits per heavy atom. The molecule has 0 aliphatic heterocycles. The zero-order valence-electron chi connectivity index (χ0n) is 10.2. The Bertz CT molecular complexity index is 357. The van der Waals surface area contributed by atoms with Gasteiger partial charge in [-0.15, -0.1) is 0 Å². The zero-order chi connectivity index (χ0) is 12.8. The smallest absolute Gasteiger partial charge is 0.0549 e. The van der Waals surface area contributed by atoms with Crippen LogP contribution in [0.15, 0.2) is 18.2 Å². The fourth-order valence-corrected chi connectivity index (χ4v) is 2.09. The SMILES string of the molecule is CCC(O)CCNC(C)c1cc(Cl)ccc1Cl. The first-order valence-corrected chi connectivity index (χ1v) is 6.66. The molecule has 0 radical (unpaired) electrons. The van der Waals surface area contributed by atoms with Gasteiger partial charge in [0.25, 0.3) is 0 Å². The van der Waals surface area contributed by atoms with Gasteiger partial charge < -0.3 is 10.4 Å². The van der Waals surface area contributed by atoms with Crippen molar-refractivity contribution in [1.82, 2.24) is 5.32 Å². The van der Waals surface area contributed by atoms with Crippen LogP contribution >= 0.6 is 23.2 Å². The Kier molecular flexibility index (Phi) is 6.28. The molecule has 2 N–H and O–H groups in total. The molecule has 2 unspecified atom stereocenters. The van der Waals surface area contributed by atoms with Crippen molar-refractivity contribution in [1.29, 1.82) is 0 Å². The van der Waals surface area contributed by atoms with Crippen LogP contribution in [0.2, 0.25) is 10.0 Å². The molecule has 0 fully saturated rings. The largest absolute Gasteiger partial charge is 0.393 e. The van der Waals surface area contributed by atoms with Crippen molar-refractivity contribution in [2.45, 2.75) is 38.8 Å². The van der Waals surface area contributed by atoms with Gasteiger partial charge in [-0.3, -0.25) is 0 Å². The number of halogens is 2. The number of aliphatic hydroxyl groups excluding tert-OH is 1. The summed E-state index contributed by atoms with van der Waals surface area (Å²) in [5.41, 5.74) is 0.991. The summed E-state index contributed by atoms with van der Waals surface area (Å²) in [6.07, 6.45) is 1.30.